The number of carboxylic acid groups (broad SMARTS) is 1. The van der Waals surface area contributed by atoms with Crippen molar-refractivity contribution >= 4 is 17.8 Å². The number of primary amides is 1. The molecule has 1 aliphatic carbocycles. The van der Waals surface area contributed by atoms with E-state index in [1.54, 1.807) is 0 Å². The van der Waals surface area contributed by atoms with Gasteiger partial charge < -0.3 is 16.2 Å². The molecule has 2 rings (SSSR count). The molecule has 1 fully saturated rings. The zero-order valence-electron chi connectivity index (χ0n) is 11.5. The Morgan fingerprint density at radius 1 is 1.24 bits per heavy atom. The van der Waals surface area contributed by atoms with Crippen LogP contribution in [0.3, 0.4) is 0 Å². The highest BCUT2D eigenvalue weighted by Crippen LogP contribution is 2.28. The Bertz CT molecular complexity index is 579. The summed E-state index contributed by atoms with van der Waals surface area (Å²) in [5, 5.41) is 11.7. The van der Waals surface area contributed by atoms with Gasteiger partial charge in [0, 0.05) is 6.20 Å². The molecule has 0 aromatic carbocycles. The number of nitrogens with zero attached hydrogens (tertiary/aromatic N) is 1. The lowest BCUT2D eigenvalue weighted by molar-refractivity contribution is -0.125. The lowest BCUT2D eigenvalue weighted by Crippen LogP contribution is -2.58. The van der Waals surface area contributed by atoms with Gasteiger partial charge in [-0.05, 0) is 25.0 Å². The van der Waals surface area contributed by atoms with Gasteiger partial charge in [0.05, 0.1) is 5.56 Å². The molecular weight excluding hydrogens is 274 g/mol. The van der Waals surface area contributed by atoms with Crippen LogP contribution in [0.15, 0.2) is 18.3 Å². The molecule has 0 atom stereocenters. The first-order valence-electron chi connectivity index (χ1n) is 6.77. The van der Waals surface area contributed by atoms with Crippen LogP contribution in [0.2, 0.25) is 0 Å². The van der Waals surface area contributed by atoms with Crippen molar-refractivity contribution in [1.29, 1.82) is 0 Å². The fraction of sp³-hybridized carbons (Fsp3) is 0.429. The Morgan fingerprint density at radius 3 is 2.48 bits per heavy atom. The molecule has 7 heteroatoms. The van der Waals surface area contributed by atoms with E-state index < -0.39 is 23.3 Å². The smallest absolute Gasteiger partial charge is 0.338 e. The summed E-state index contributed by atoms with van der Waals surface area (Å²) in [7, 11) is 0. The molecule has 1 aromatic rings. The highest BCUT2D eigenvalue weighted by Gasteiger charge is 2.40. The molecule has 0 saturated heterocycles. The Hall–Kier alpha value is -2.44. The molecule has 1 aliphatic rings. The first-order chi connectivity index (χ1) is 9.96. The predicted octanol–water partition coefficient (Wildman–Crippen LogP) is 0.698. The Labute approximate surface area is 121 Å². The molecule has 0 aliphatic heterocycles. The van der Waals surface area contributed by atoms with E-state index in [9.17, 15) is 14.4 Å². The van der Waals surface area contributed by atoms with E-state index in [1.807, 2.05) is 0 Å². The molecule has 2 amide bonds. The van der Waals surface area contributed by atoms with E-state index in [4.69, 9.17) is 10.8 Å². The van der Waals surface area contributed by atoms with Crippen molar-refractivity contribution < 1.29 is 19.5 Å². The SMILES string of the molecule is NC(=O)C1(NC(=O)c2ncccc2C(=O)O)CCCCC1. The van der Waals surface area contributed by atoms with Crippen molar-refractivity contribution in [3.8, 4) is 0 Å². The average molecular weight is 291 g/mol. The summed E-state index contributed by atoms with van der Waals surface area (Å²) in [4.78, 5) is 39.0. The van der Waals surface area contributed by atoms with Gasteiger partial charge in [0.2, 0.25) is 5.91 Å². The summed E-state index contributed by atoms with van der Waals surface area (Å²) < 4.78 is 0. The maximum Gasteiger partial charge on any atom is 0.338 e. The summed E-state index contributed by atoms with van der Waals surface area (Å²) in [5.74, 6) is -2.53. The van der Waals surface area contributed by atoms with Crippen molar-refractivity contribution in [1.82, 2.24) is 10.3 Å². The third-order valence-electron chi connectivity index (χ3n) is 3.78. The molecule has 0 unspecified atom stereocenters. The van der Waals surface area contributed by atoms with Crippen LogP contribution in [0, 0.1) is 0 Å². The van der Waals surface area contributed by atoms with Crippen LogP contribution in [0.5, 0.6) is 0 Å². The third-order valence-corrected chi connectivity index (χ3v) is 3.78. The maximum atomic E-state index is 12.3. The van der Waals surface area contributed by atoms with Crippen LogP contribution in [-0.2, 0) is 4.79 Å². The second-order valence-electron chi connectivity index (χ2n) is 5.17. The number of carbonyl (C=O) groups is 3. The van der Waals surface area contributed by atoms with Crippen LogP contribution in [0.25, 0.3) is 0 Å². The number of amides is 2. The van der Waals surface area contributed by atoms with Gasteiger partial charge in [-0.3, -0.25) is 14.6 Å². The first kappa shape index (κ1) is 15.0. The minimum atomic E-state index is -1.25. The van der Waals surface area contributed by atoms with Gasteiger partial charge in [0.25, 0.3) is 5.91 Å². The lowest BCUT2D eigenvalue weighted by Gasteiger charge is -2.35. The summed E-state index contributed by atoms with van der Waals surface area (Å²) in [6.07, 6.45) is 4.81. The average Bonchev–Trinajstić information content (AvgIpc) is 2.48. The molecule has 0 spiro atoms. The zero-order valence-corrected chi connectivity index (χ0v) is 11.5. The van der Waals surface area contributed by atoms with Crippen LogP contribution in [0.1, 0.15) is 53.0 Å². The minimum absolute atomic E-state index is 0.203. The Balaban J connectivity index is 2.28. The van der Waals surface area contributed by atoms with Crippen molar-refractivity contribution in [2.24, 2.45) is 5.73 Å². The van der Waals surface area contributed by atoms with E-state index in [1.165, 1.54) is 18.3 Å². The molecule has 1 heterocycles. The molecule has 0 bridgehead atoms. The number of pyridine rings is 1. The van der Waals surface area contributed by atoms with Gasteiger partial charge in [-0.15, -0.1) is 0 Å². The minimum Gasteiger partial charge on any atom is -0.478 e. The van der Waals surface area contributed by atoms with Gasteiger partial charge in [-0.1, -0.05) is 19.3 Å². The van der Waals surface area contributed by atoms with E-state index in [0.717, 1.165) is 19.3 Å². The number of nitrogens with two attached hydrogens (primary N) is 1. The largest absolute Gasteiger partial charge is 0.478 e. The van der Waals surface area contributed by atoms with Crippen LogP contribution < -0.4 is 11.1 Å². The van der Waals surface area contributed by atoms with E-state index in [2.05, 4.69) is 10.3 Å². The molecule has 21 heavy (non-hydrogen) atoms. The van der Waals surface area contributed by atoms with Crippen molar-refractivity contribution in [2.45, 2.75) is 37.6 Å². The van der Waals surface area contributed by atoms with Gasteiger partial charge in [0.15, 0.2) is 0 Å². The Kier molecular flexibility index (Phi) is 4.21. The fourth-order valence-corrected chi connectivity index (χ4v) is 2.62. The quantitative estimate of drug-likeness (QED) is 0.753. The molecule has 4 N–H and O–H groups in total. The summed E-state index contributed by atoms with van der Waals surface area (Å²) in [6.45, 7) is 0. The van der Waals surface area contributed by atoms with Gasteiger partial charge in [-0.2, -0.15) is 0 Å². The molecule has 1 aromatic heterocycles. The van der Waals surface area contributed by atoms with Crippen LogP contribution >= 0.6 is 0 Å². The monoisotopic (exact) mass is 291 g/mol. The lowest BCUT2D eigenvalue weighted by atomic mass is 9.81. The van der Waals surface area contributed by atoms with Gasteiger partial charge in [0.1, 0.15) is 11.2 Å². The topological polar surface area (TPSA) is 122 Å². The molecule has 7 nitrogen and oxygen atoms in total. The number of rotatable bonds is 4. The van der Waals surface area contributed by atoms with Crippen LogP contribution in [0.4, 0.5) is 0 Å². The third kappa shape index (κ3) is 3.01. The number of hydrogen-bond acceptors (Lipinski definition) is 4. The van der Waals surface area contributed by atoms with Crippen LogP contribution in [-0.4, -0.2) is 33.4 Å². The molecule has 0 radical (unpaired) electrons. The predicted molar refractivity (Wildman–Crippen MR) is 73.7 cm³/mol. The number of aromatic nitrogens is 1. The molecule has 112 valence electrons. The number of nitrogens with one attached hydrogen (secondary N) is 1. The second-order valence-corrected chi connectivity index (χ2v) is 5.17. The fourth-order valence-electron chi connectivity index (χ4n) is 2.62. The van der Waals surface area contributed by atoms with Gasteiger partial charge in [-0.25, -0.2) is 4.79 Å². The summed E-state index contributed by atoms with van der Waals surface area (Å²) >= 11 is 0. The number of carbonyl (C=O) groups excluding carboxylic acids is 2. The van der Waals surface area contributed by atoms with E-state index in [-0.39, 0.29) is 11.3 Å². The highest BCUT2D eigenvalue weighted by atomic mass is 16.4. The molecule has 1 saturated carbocycles. The Morgan fingerprint density at radius 2 is 1.90 bits per heavy atom. The van der Waals surface area contributed by atoms with E-state index in [0.29, 0.717) is 12.8 Å². The second kappa shape index (κ2) is 5.90. The van der Waals surface area contributed by atoms with E-state index >= 15 is 0 Å². The summed E-state index contributed by atoms with van der Waals surface area (Å²) in [5.41, 5.74) is 3.91. The van der Waals surface area contributed by atoms with Crippen molar-refractivity contribution in [3.63, 3.8) is 0 Å². The number of hydrogen-bond donors (Lipinski definition) is 3. The highest BCUT2D eigenvalue weighted by molar-refractivity contribution is 6.05. The standard InChI is InChI=1S/C14H17N3O4/c15-13(21)14(6-2-1-3-7-14)17-11(18)10-9(12(19)20)5-4-8-16-10/h4-5,8H,1-3,6-7H2,(H2,15,21)(H,17,18)(H,19,20). The zero-order chi connectivity index (χ0) is 15.5. The number of aromatic carboxylic acids is 1. The van der Waals surface area contributed by atoms with Crippen molar-refractivity contribution in [3.05, 3.63) is 29.6 Å². The molecular formula is C14H17N3O4. The number of carboxylic acids is 1. The maximum absolute atomic E-state index is 12.3. The van der Waals surface area contributed by atoms with Crippen molar-refractivity contribution in [2.75, 3.05) is 0 Å². The summed E-state index contributed by atoms with van der Waals surface area (Å²) in [6, 6.07) is 2.73. The van der Waals surface area contributed by atoms with Gasteiger partial charge >= 0.3 is 5.97 Å². The first-order valence-corrected chi connectivity index (χ1v) is 6.77. The normalized spacial score (nSPS) is 17.0.